The molecular weight excluding hydrogens is 440 g/mol. The van der Waals surface area contributed by atoms with E-state index in [4.69, 9.17) is 9.97 Å². The number of H-pyrrole nitrogens is 2. The van der Waals surface area contributed by atoms with E-state index in [0.717, 1.165) is 46.7 Å². The van der Waals surface area contributed by atoms with Crippen LogP contribution >= 0.6 is 0 Å². The van der Waals surface area contributed by atoms with Crippen LogP contribution in [0.4, 0.5) is 0 Å². The molecule has 0 amide bonds. The van der Waals surface area contributed by atoms with Crippen LogP contribution in [0.5, 0.6) is 0 Å². The summed E-state index contributed by atoms with van der Waals surface area (Å²) in [5.41, 5.74) is 21.6. The van der Waals surface area contributed by atoms with E-state index < -0.39 is 0 Å². The van der Waals surface area contributed by atoms with Gasteiger partial charge >= 0.3 is 0 Å². The molecule has 5 rings (SSSR count). The van der Waals surface area contributed by atoms with Crippen LogP contribution in [0.1, 0.15) is 97.7 Å². The predicted octanol–water partition coefficient (Wildman–Crippen LogP) is 8.57. The fourth-order valence-electron chi connectivity index (χ4n) is 5.70. The van der Waals surface area contributed by atoms with E-state index >= 15 is 0 Å². The number of hydrogen-bond donors (Lipinski definition) is 2. The van der Waals surface area contributed by atoms with Crippen molar-refractivity contribution in [3.8, 4) is 0 Å². The molecule has 3 aromatic heterocycles. The summed E-state index contributed by atoms with van der Waals surface area (Å²) in [6.45, 7) is 22.1. The summed E-state index contributed by atoms with van der Waals surface area (Å²) in [5, 5.41) is 0. The molecule has 0 radical (unpaired) electrons. The van der Waals surface area contributed by atoms with Crippen molar-refractivity contribution in [3.63, 3.8) is 0 Å². The van der Waals surface area contributed by atoms with Gasteiger partial charge < -0.3 is 9.97 Å². The smallest absolute Gasteiger partial charge is 0.0723 e. The van der Waals surface area contributed by atoms with Crippen molar-refractivity contribution >= 4 is 44.4 Å². The number of allylic oxidation sites excluding steroid dienone is 4. The van der Waals surface area contributed by atoms with Gasteiger partial charge in [0.05, 0.1) is 22.8 Å². The number of nitrogens with zero attached hydrogens (tertiary/aromatic N) is 2. The fourth-order valence-corrected chi connectivity index (χ4v) is 5.70. The Morgan fingerprint density at radius 1 is 0.528 bits per heavy atom. The zero-order chi connectivity index (χ0) is 26.0. The molecule has 5 heterocycles. The summed E-state index contributed by atoms with van der Waals surface area (Å²) in [6, 6.07) is 4.47. The van der Waals surface area contributed by atoms with Crippen molar-refractivity contribution in [1.82, 2.24) is 19.9 Å². The van der Waals surface area contributed by atoms with Crippen molar-refractivity contribution in [2.24, 2.45) is 0 Å². The number of aromatic nitrogens is 4. The van der Waals surface area contributed by atoms with Gasteiger partial charge in [0.15, 0.2) is 0 Å². The van der Waals surface area contributed by atoms with E-state index in [0.29, 0.717) is 0 Å². The largest absolute Gasteiger partial charge is 0.355 e. The van der Waals surface area contributed by atoms with Gasteiger partial charge in [0, 0.05) is 27.6 Å². The number of fused-ring (bicyclic) bond motifs is 8. The lowest BCUT2D eigenvalue weighted by molar-refractivity contribution is 1.06. The number of hydrogen-bond acceptors (Lipinski definition) is 2. The average molecular weight is 479 g/mol. The second-order valence-electron chi connectivity index (χ2n) is 10.5. The van der Waals surface area contributed by atoms with Crippen molar-refractivity contribution in [2.75, 3.05) is 0 Å². The first-order valence-corrected chi connectivity index (χ1v) is 13.2. The maximum Gasteiger partial charge on any atom is 0.0723 e. The minimum atomic E-state index is 0.887. The molecule has 0 saturated heterocycles. The van der Waals surface area contributed by atoms with Gasteiger partial charge in [0.1, 0.15) is 0 Å². The van der Waals surface area contributed by atoms with Gasteiger partial charge in [0.2, 0.25) is 0 Å². The Labute approximate surface area is 214 Å². The van der Waals surface area contributed by atoms with Gasteiger partial charge in [-0.15, -0.1) is 0 Å². The second-order valence-corrected chi connectivity index (χ2v) is 10.5. The van der Waals surface area contributed by atoms with E-state index in [-0.39, 0.29) is 0 Å². The van der Waals surface area contributed by atoms with Gasteiger partial charge in [-0.3, -0.25) is 0 Å². The Balaban J connectivity index is 2.08. The van der Waals surface area contributed by atoms with Crippen LogP contribution in [0.3, 0.4) is 0 Å². The zero-order valence-electron chi connectivity index (χ0n) is 23.5. The van der Waals surface area contributed by atoms with Crippen molar-refractivity contribution in [3.05, 3.63) is 68.3 Å². The van der Waals surface area contributed by atoms with Crippen LogP contribution in [0.15, 0.2) is 12.1 Å². The number of aryl methyl sites for hydroxylation is 5. The van der Waals surface area contributed by atoms with E-state index in [1.165, 1.54) is 66.7 Å². The molecule has 8 bridgehead atoms. The standard InChI is InChI=1S/C32H38N4/c1-11-23-29-19(7)15(3)25(33-29)13-27-17(5)21(9)31(35-27)24(12-2)32-22(10)18(6)28(36-32)14-26-16(4)20(8)30(23)34-26/h13-14,33-34H,11-12H2,1-10H3. The molecule has 4 heteroatoms. The first-order valence-electron chi connectivity index (χ1n) is 13.2. The first-order chi connectivity index (χ1) is 17.1. The molecule has 36 heavy (non-hydrogen) atoms. The SMILES string of the molecule is CCc1c2nc(cc3[nH]c(c(C)c3C)c(CC)c3[nH]c(cc4nc1C(C)=C4C)c(C)c3C)C(C)=C2C. The van der Waals surface area contributed by atoms with Crippen LogP contribution in [0.2, 0.25) is 0 Å². The van der Waals surface area contributed by atoms with Crippen molar-refractivity contribution in [1.29, 1.82) is 0 Å². The third-order valence-electron chi connectivity index (χ3n) is 8.72. The molecule has 3 aromatic rings. The Kier molecular flexibility index (Phi) is 5.82. The van der Waals surface area contributed by atoms with Crippen LogP contribution < -0.4 is 0 Å². The summed E-state index contributed by atoms with van der Waals surface area (Å²) < 4.78 is 0. The summed E-state index contributed by atoms with van der Waals surface area (Å²) in [7, 11) is 0. The minimum absolute atomic E-state index is 0.887. The number of aromatic amines is 2. The van der Waals surface area contributed by atoms with E-state index in [1.54, 1.807) is 0 Å². The number of nitrogens with one attached hydrogen (secondary N) is 2. The third-order valence-corrected chi connectivity index (χ3v) is 8.72. The molecule has 2 N–H and O–H groups in total. The predicted molar refractivity (Wildman–Crippen MR) is 155 cm³/mol. The summed E-state index contributed by atoms with van der Waals surface area (Å²) >= 11 is 0. The summed E-state index contributed by atoms with van der Waals surface area (Å²) in [5.74, 6) is 0. The average Bonchev–Trinajstić information content (AvgIpc) is 3.49. The first kappa shape index (κ1) is 24.3. The molecule has 4 nitrogen and oxygen atoms in total. The molecule has 0 atom stereocenters. The molecule has 0 fully saturated rings. The quantitative estimate of drug-likeness (QED) is 0.387. The van der Waals surface area contributed by atoms with Gasteiger partial charge in [-0.25, -0.2) is 9.97 Å². The highest BCUT2D eigenvalue weighted by atomic mass is 14.8. The van der Waals surface area contributed by atoms with E-state index in [1.807, 2.05) is 0 Å². The third kappa shape index (κ3) is 3.42. The van der Waals surface area contributed by atoms with Crippen molar-refractivity contribution < 1.29 is 0 Å². The van der Waals surface area contributed by atoms with E-state index in [9.17, 15) is 0 Å². The molecule has 0 spiro atoms. The van der Waals surface area contributed by atoms with Gasteiger partial charge in [-0.05, 0) is 130 Å². The molecule has 0 aromatic carbocycles. The maximum atomic E-state index is 5.20. The lowest BCUT2D eigenvalue weighted by Crippen LogP contribution is -1.95. The molecule has 0 saturated carbocycles. The van der Waals surface area contributed by atoms with Crippen molar-refractivity contribution in [2.45, 2.75) is 82.1 Å². The fraction of sp³-hybridized carbons (Fsp3) is 0.375. The lowest BCUT2D eigenvalue weighted by atomic mass is 9.98. The Hall–Kier alpha value is -3.40. The van der Waals surface area contributed by atoms with Gasteiger partial charge in [0.25, 0.3) is 0 Å². The molecule has 0 unspecified atom stereocenters. The second kappa shape index (κ2) is 8.62. The summed E-state index contributed by atoms with van der Waals surface area (Å²) in [4.78, 5) is 18.0. The molecular formula is C32H38N4. The van der Waals surface area contributed by atoms with Gasteiger partial charge in [-0.1, -0.05) is 13.8 Å². The number of rotatable bonds is 2. The monoisotopic (exact) mass is 478 g/mol. The van der Waals surface area contributed by atoms with Crippen LogP contribution in [-0.4, -0.2) is 19.9 Å². The molecule has 0 aliphatic carbocycles. The zero-order valence-corrected chi connectivity index (χ0v) is 23.5. The highest BCUT2D eigenvalue weighted by molar-refractivity contribution is 5.96. The maximum absolute atomic E-state index is 5.20. The normalized spacial score (nSPS) is 13.8. The minimum Gasteiger partial charge on any atom is -0.355 e. The van der Waals surface area contributed by atoms with E-state index in [2.05, 4.69) is 91.3 Å². The van der Waals surface area contributed by atoms with Crippen LogP contribution in [-0.2, 0) is 12.8 Å². The Morgan fingerprint density at radius 2 is 0.917 bits per heavy atom. The highest BCUT2D eigenvalue weighted by Gasteiger charge is 2.22. The van der Waals surface area contributed by atoms with Crippen LogP contribution in [0, 0.1) is 27.7 Å². The molecule has 186 valence electrons. The topological polar surface area (TPSA) is 57.4 Å². The summed E-state index contributed by atoms with van der Waals surface area (Å²) in [6.07, 6.45) is 1.82. The van der Waals surface area contributed by atoms with Crippen LogP contribution in [0.25, 0.3) is 44.4 Å². The molecule has 2 aliphatic heterocycles. The lowest BCUT2D eigenvalue weighted by Gasteiger charge is -2.06. The van der Waals surface area contributed by atoms with Gasteiger partial charge in [-0.2, -0.15) is 0 Å². The molecule has 2 aliphatic rings. The Bertz CT molecular complexity index is 1550. The highest BCUT2D eigenvalue weighted by Crippen LogP contribution is 2.38. The Morgan fingerprint density at radius 3 is 1.28 bits per heavy atom.